The number of carboxylic acids is 1. The number of aliphatic carboxylic acids is 1. The second kappa shape index (κ2) is 3.54. The Morgan fingerprint density at radius 2 is 2.20 bits per heavy atom. The van der Waals surface area contributed by atoms with Crippen LogP contribution in [0, 0.1) is 0 Å². The summed E-state index contributed by atoms with van der Waals surface area (Å²) >= 11 is 0. The predicted molar refractivity (Wildman–Crippen MR) is 34.0 cm³/mol. The Balaban J connectivity index is 3.70. The van der Waals surface area contributed by atoms with Crippen molar-refractivity contribution in [2.45, 2.75) is 13.0 Å². The SMILES string of the molecule is CC(ON=C(N)N)C(=O)O. The van der Waals surface area contributed by atoms with Gasteiger partial charge in [-0.25, -0.2) is 4.79 Å². The second-order valence-corrected chi connectivity index (χ2v) is 1.60. The zero-order valence-electron chi connectivity index (χ0n) is 5.44. The van der Waals surface area contributed by atoms with Gasteiger partial charge >= 0.3 is 5.97 Å². The highest BCUT2D eigenvalue weighted by atomic mass is 16.6. The summed E-state index contributed by atoms with van der Waals surface area (Å²) in [4.78, 5) is 14.3. The lowest BCUT2D eigenvalue weighted by Crippen LogP contribution is -2.25. The summed E-state index contributed by atoms with van der Waals surface area (Å²) in [6.07, 6.45) is -1.03. The number of nitrogens with zero attached hydrogens (tertiary/aromatic N) is 1. The van der Waals surface area contributed by atoms with Crippen LogP contribution < -0.4 is 11.5 Å². The van der Waals surface area contributed by atoms with Gasteiger partial charge in [-0.1, -0.05) is 0 Å². The van der Waals surface area contributed by atoms with Crippen LogP contribution in [0.2, 0.25) is 0 Å². The maximum absolute atomic E-state index is 10.0. The molecule has 0 saturated carbocycles. The van der Waals surface area contributed by atoms with Gasteiger partial charge in [0.2, 0.25) is 12.1 Å². The fourth-order valence-electron chi connectivity index (χ4n) is 0.185. The molecule has 0 radical (unpaired) electrons. The van der Waals surface area contributed by atoms with Crippen molar-refractivity contribution in [2.24, 2.45) is 16.6 Å². The Morgan fingerprint density at radius 1 is 1.70 bits per heavy atom. The molecule has 0 amide bonds. The van der Waals surface area contributed by atoms with E-state index >= 15 is 0 Å². The molecule has 0 bridgehead atoms. The first-order valence-corrected chi connectivity index (χ1v) is 2.51. The van der Waals surface area contributed by atoms with Crippen LogP contribution in [0.15, 0.2) is 5.16 Å². The minimum atomic E-state index is -1.12. The average molecular weight is 147 g/mol. The van der Waals surface area contributed by atoms with Crippen LogP contribution in [0.3, 0.4) is 0 Å². The van der Waals surface area contributed by atoms with Crippen LogP contribution in [-0.4, -0.2) is 23.1 Å². The number of hydrogen-bond donors (Lipinski definition) is 3. The van der Waals surface area contributed by atoms with Gasteiger partial charge in [0, 0.05) is 0 Å². The van der Waals surface area contributed by atoms with Gasteiger partial charge in [0.15, 0.2) is 0 Å². The molecule has 5 N–H and O–H groups in total. The molecular weight excluding hydrogens is 138 g/mol. The van der Waals surface area contributed by atoms with E-state index in [2.05, 4.69) is 9.99 Å². The summed E-state index contributed by atoms with van der Waals surface area (Å²) in [5.74, 6) is -1.42. The van der Waals surface area contributed by atoms with Crippen LogP contribution in [0.1, 0.15) is 6.92 Å². The van der Waals surface area contributed by atoms with Gasteiger partial charge in [-0.15, -0.1) is 0 Å². The molecule has 58 valence electrons. The minimum absolute atomic E-state index is 0.298. The van der Waals surface area contributed by atoms with Gasteiger partial charge in [-0.2, -0.15) is 0 Å². The fourth-order valence-corrected chi connectivity index (χ4v) is 0.185. The topological polar surface area (TPSA) is 111 Å². The van der Waals surface area contributed by atoms with Crippen molar-refractivity contribution in [3.05, 3.63) is 0 Å². The van der Waals surface area contributed by atoms with Gasteiger partial charge in [0.05, 0.1) is 0 Å². The summed E-state index contributed by atoms with van der Waals surface area (Å²) in [5, 5.41) is 11.3. The number of rotatable bonds is 3. The fraction of sp³-hybridized carbons (Fsp3) is 0.500. The Hall–Kier alpha value is -1.46. The standard InChI is InChI=1S/C4H9N3O3/c1-2(3(8)9)10-7-4(5)6/h2H,1H3,(H,8,9)(H4,5,6,7). The average Bonchev–Trinajstić information content (AvgIpc) is 1.82. The van der Waals surface area contributed by atoms with E-state index in [1.807, 2.05) is 0 Å². The molecule has 6 heteroatoms. The van der Waals surface area contributed by atoms with Crippen LogP contribution in [0.25, 0.3) is 0 Å². The van der Waals surface area contributed by atoms with E-state index in [0.29, 0.717) is 0 Å². The Bertz CT molecular complexity index is 152. The van der Waals surface area contributed by atoms with Crippen molar-refractivity contribution in [3.8, 4) is 0 Å². The number of nitrogens with two attached hydrogens (primary N) is 2. The number of oxime groups is 1. The monoisotopic (exact) mass is 147 g/mol. The second-order valence-electron chi connectivity index (χ2n) is 1.60. The molecule has 6 nitrogen and oxygen atoms in total. The van der Waals surface area contributed by atoms with E-state index in [-0.39, 0.29) is 5.96 Å². The summed E-state index contributed by atoms with van der Waals surface area (Å²) in [6, 6.07) is 0. The van der Waals surface area contributed by atoms with Crippen LogP contribution in [-0.2, 0) is 9.63 Å². The first-order valence-electron chi connectivity index (χ1n) is 2.51. The first kappa shape index (κ1) is 8.54. The van der Waals surface area contributed by atoms with E-state index in [1.165, 1.54) is 6.92 Å². The summed E-state index contributed by atoms with van der Waals surface area (Å²) in [6.45, 7) is 1.31. The highest BCUT2D eigenvalue weighted by Crippen LogP contribution is 1.89. The lowest BCUT2D eigenvalue weighted by Gasteiger charge is -2.01. The minimum Gasteiger partial charge on any atom is -0.478 e. The molecule has 0 aliphatic rings. The van der Waals surface area contributed by atoms with Gasteiger partial charge < -0.3 is 21.4 Å². The molecule has 0 rings (SSSR count). The van der Waals surface area contributed by atoms with E-state index in [1.54, 1.807) is 0 Å². The highest BCUT2D eigenvalue weighted by Gasteiger charge is 2.10. The van der Waals surface area contributed by atoms with Crippen molar-refractivity contribution in [2.75, 3.05) is 0 Å². The van der Waals surface area contributed by atoms with Crippen LogP contribution in [0.5, 0.6) is 0 Å². The van der Waals surface area contributed by atoms with Gasteiger partial charge in [-0.05, 0) is 12.1 Å². The smallest absolute Gasteiger partial charge is 0.347 e. The maximum atomic E-state index is 10.0. The third kappa shape index (κ3) is 3.53. The number of carboxylic acid groups (broad SMARTS) is 1. The van der Waals surface area contributed by atoms with Gasteiger partial charge in [-0.3, -0.25) is 0 Å². The van der Waals surface area contributed by atoms with E-state index < -0.39 is 12.1 Å². The third-order valence-corrected chi connectivity index (χ3v) is 0.664. The number of guanidine groups is 1. The third-order valence-electron chi connectivity index (χ3n) is 0.664. The zero-order chi connectivity index (χ0) is 8.15. The Morgan fingerprint density at radius 3 is 2.50 bits per heavy atom. The quantitative estimate of drug-likeness (QED) is 0.260. The molecular formula is C4H9N3O3. The van der Waals surface area contributed by atoms with Crippen molar-refractivity contribution >= 4 is 11.9 Å². The zero-order valence-corrected chi connectivity index (χ0v) is 5.44. The van der Waals surface area contributed by atoms with Gasteiger partial charge in [0.1, 0.15) is 0 Å². The predicted octanol–water partition coefficient (Wildman–Crippen LogP) is -1.34. The van der Waals surface area contributed by atoms with Gasteiger partial charge in [0.25, 0.3) is 0 Å². The molecule has 0 spiro atoms. The Labute approximate surface area is 57.4 Å². The molecule has 10 heavy (non-hydrogen) atoms. The number of carbonyl (C=O) groups is 1. The molecule has 0 aromatic carbocycles. The molecule has 1 unspecified atom stereocenters. The highest BCUT2D eigenvalue weighted by molar-refractivity contribution is 5.75. The molecule has 0 fully saturated rings. The molecule has 0 heterocycles. The lowest BCUT2D eigenvalue weighted by molar-refractivity contribution is -0.149. The first-order chi connectivity index (χ1) is 4.54. The van der Waals surface area contributed by atoms with E-state index in [4.69, 9.17) is 16.6 Å². The van der Waals surface area contributed by atoms with Crippen molar-refractivity contribution < 1.29 is 14.7 Å². The molecule has 0 aromatic rings. The van der Waals surface area contributed by atoms with Crippen molar-refractivity contribution in [3.63, 3.8) is 0 Å². The van der Waals surface area contributed by atoms with Crippen LogP contribution in [0.4, 0.5) is 0 Å². The summed E-state index contributed by atoms with van der Waals surface area (Å²) in [7, 11) is 0. The molecule has 0 aliphatic heterocycles. The largest absolute Gasteiger partial charge is 0.478 e. The maximum Gasteiger partial charge on any atom is 0.347 e. The Kier molecular flexibility index (Phi) is 3.03. The summed E-state index contributed by atoms with van der Waals surface area (Å²) < 4.78 is 0. The van der Waals surface area contributed by atoms with Crippen molar-refractivity contribution in [1.82, 2.24) is 0 Å². The van der Waals surface area contributed by atoms with E-state index in [0.717, 1.165) is 0 Å². The number of hydrogen-bond acceptors (Lipinski definition) is 3. The molecule has 0 aromatic heterocycles. The summed E-state index contributed by atoms with van der Waals surface area (Å²) in [5.41, 5.74) is 9.70. The lowest BCUT2D eigenvalue weighted by atomic mass is 10.4. The molecule has 0 saturated heterocycles. The van der Waals surface area contributed by atoms with E-state index in [9.17, 15) is 4.79 Å². The molecule has 1 atom stereocenters. The van der Waals surface area contributed by atoms with Crippen molar-refractivity contribution in [1.29, 1.82) is 0 Å². The normalized spacial score (nSPS) is 11.7. The molecule has 0 aliphatic carbocycles. The van der Waals surface area contributed by atoms with Crippen LogP contribution >= 0.6 is 0 Å².